The molecule has 84 valence electrons. The zero-order valence-corrected chi connectivity index (χ0v) is 10.6. The van der Waals surface area contributed by atoms with Crippen LogP contribution in [0, 0.1) is 6.92 Å². The van der Waals surface area contributed by atoms with Gasteiger partial charge in [0.1, 0.15) is 5.78 Å². The maximum Gasteiger partial charge on any atom is 0.166 e. The van der Waals surface area contributed by atoms with Gasteiger partial charge in [-0.3, -0.25) is 4.79 Å². The molecule has 3 nitrogen and oxygen atoms in total. The first kappa shape index (κ1) is 11.5. The van der Waals surface area contributed by atoms with Gasteiger partial charge in [0.15, 0.2) is 5.16 Å². The molecule has 0 amide bonds. The molecule has 2 aromatic rings. The summed E-state index contributed by atoms with van der Waals surface area (Å²) >= 11 is 7.42. The number of benzene rings is 1. The van der Waals surface area contributed by atoms with Crippen molar-refractivity contribution >= 4 is 40.2 Å². The van der Waals surface area contributed by atoms with Gasteiger partial charge in [-0.15, -0.1) is 0 Å². The lowest BCUT2D eigenvalue weighted by molar-refractivity contribution is -0.114. The number of nitrogens with zero attached hydrogens (tertiary/aromatic N) is 1. The third-order valence-corrected chi connectivity index (χ3v) is 3.58. The summed E-state index contributed by atoms with van der Waals surface area (Å²) in [4.78, 5) is 18.4. The summed E-state index contributed by atoms with van der Waals surface area (Å²) in [6.07, 6.45) is 0. The van der Waals surface area contributed by atoms with Crippen LogP contribution < -0.4 is 0 Å². The number of nitrogens with one attached hydrogen (secondary N) is 1. The van der Waals surface area contributed by atoms with Crippen molar-refractivity contribution in [3.05, 3.63) is 22.7 Å². The van der Waals surface area contributed by atoms with E-state index in [-0.39, 0.29) is 5.78 Å². The summed E-state index contributed by atoms with van der Waals surface area (Å²) < 4.78 is 0. The molecular formula is C11H11ClN2OS. The highest BCUT2D eigenvalue weighted by Crippen LogP contribution is 2.24. The van der Waals surface area contributed by atoms with E-state index in [1.54, 1.807) is 6.92 Å². The molecule has 0 saturated heterocycles. The number of rotatable bonds is 3. The number of aromatic amines is 1. The molecule has 5 heteroatoms. The fourth-order valence-corrected chi connectivity index (χ4v) is 2.20. The number of imidazole rings is 1. The van der Waals surface area contributed by atoms with Crippen LogP contribution in [-0.2, 0) is 4.79 Å². The SMILES string of the molecule is CC(=O)CSc1nc2cc(Cl)c(C)cc2[nH]1. The second kappa shape index (κ2) is 4.47. The second-order valence-corrected chi connectivity index (χ2v) is 5.02. The van der Waals surface area contributed by atoms with Crippen LogP contribution in [0.1, 0.15) is 12.5 Å². The molecule has 0 aliphatic heterocycles. The Balaban J connectivity index is 2.33. The van der Waals surface area contributed by atoms with Crippen LogP contribution in [0.3, 0.4) is 0 Å². The Morgan fingerprint density at radius 1 is 1.56 bits per heavy atom. The van der Waals surface area contributed by atoms with Crippen LogP contribution in [0.2, 0.25) is 5.02 Å². The molecule has 16 heavy (non-hydrogen) atoms. The van der Waals surface area contributed by atoms with E-state index in [4.69, 9.17) is 11.6 Å². The fourth-order valence-electron chi connectivity index (χ4n) is 1.35. The number of aromatic nitrogens is 2. The van der Waals surface area contributed by atoms with Gasteiger partial charge in [0, 0.05) is 5.02 Å². The van der Waals surface area contributed by atoms with Gasteiger partial charge in [0.2, 0.25) is 0 Å². The lowest BCUT2D eigenvalue weighted by atomic mass is 10.2. The third kappa shape index (κ3) is 2.39. The number of carbonyl (C=O) groups is 1. The average Bonchev–Trinajstić information content (AvgIpc) is 2.58. The first-order chi connectivity index (χ1) is 7.56. The topological polar surface area (TPSA) is 45.8 Å². The van der Waals surface area contributed by atoms with E-state index in [1.807, 2.05) is 19.1 Å². The van der Waals surface area contributed by atoms with Crippen molar-refractivity contribution in [1.29, 1.82) is 0 Å². The summed E-state index contributed by atoms with van der Waals surface area (Å²) in [5.74, 6) is 0.576. The van der Waals surface area contributed by atoms with Crippen molar-refractivity contribution < 1.29 is 4.79 Å². The largest absolute Gasteiger partial charge is 0.333 e. The Morgan fingerprint density at radius 3 is 3.00 bits per heavy atom. The van der Waals surface area contributed by atoms with Crippen LogP contribution in [0.5, 0.6) is 0 Å². The third-order valence-electron chi connectivity index (χ3n) is 2.15. The number of halogens is 1. The van der Waals surface area contributed by atoms with Gasteiger partial charge in [-0.1, -0.05) is 23.4 Å². The summed E-state index contributed by atoms with van der Waals surface area (Å²) in [6, 6.07) is 3.79. The molecule has 0 spiro atoms. The Labute approximate surface area is 103 Å². The molecule has 0 aliphatic carbocycles. The standard InChI is InChI=1S/C11H11ClN2OS/c1-6-3-9-10(4-8(6)12)14-11(13-9)16-5-7(2)15/h3-4H,5H2,1-2H3,(H,13,14). The molecule has 1 aromatic carbocycles. The van der Waals surface area contributed by atoms with E-state index in [9.17, 15) is 4.79 Å². The van der Waals surface area contributed by atoms with Crippen LogP contribution in [-0.4, -0.2) is 21.5 Å². The first-order valence-electron chi connectivity index (χ1n) is 4.84. The molecule has 0 aliphatic rings. The molecule has 0 atom stereocenters. The lowest BCUT2D eigenvalue weighted by Crippen LogP contribution is -1.93. The smallest absolute Gasteiger partial charge is 0.166 e. The minimum atomic E-state index is 0.139. The van der Waals surface area contributed by atoms with Gasteiger partial charge in [-0.2, -0.15) is 0 Å². The average molecular weight is 255 g/mol. The highest BCUT2D eigenvalue weighted by molar-refractivity contribution is 7.99. The van der Waals surface area contributed by atoms with Crippen molar-refractivity contribution in [3.8, 4) is 0 Å². The van der Waals surface area contributed by atoms with Crippen molar-refractivity contribution in [1.82, 2.24) is 9.97 Å². The van der Waals surface area contributed by atoms with Gasteiger partial charge in [0.25, 0.3) is 0 Å². The molecule has 1 heterocycles. The van der Waals surface area contributed by atoms with Crippen LogP contribution in [0.15, 0.2) is 17.3 Å². The molecule has 0 saturated carbocycles. The van der Waals surface area contributed by atoms with Gasteiger partial charge < -0.3 is 4.98 Å². The number of carbonyl (C=O) groups excluding carboxylic acids is 1. The lowest BCUT2D eigenvalue weighted by Gasteiger charge is -1.95. The number of Topliss-reactive ketones (excluding diaryl/α,β-unsaturated/α-hetero) is 1. The summed E-state index contributed by atoms with van der Waals surface area (Å²) in [5, 5.41) is 1.47. The predicted octanol–water partition coefficient (Wildman–Crippen LogP) is 3.21. The number of hydrogen-bond acceptors (Lipinski definition) is 3. The van der Waals surface area contributed by atoms with Crippen molar-refractivity contribution in [2.75, 3.05) is 5.75 Å². The van der Waals surface area contributed by atoms with Gasteiger partial charge >= 0.3 is 0 Å². The number of fused-ring (bicyclic) bond motifs is 1. The normalized spacial score (nSPS) is 10.9. The second-order valence-electron chi connectivity index (χ2n) is 3.65. The van der Waals surface area contributed by atoms with E-state index in [0.717, 1.165) is 21.8 Å². The van der Waals surface area contributed by atoms with E-state index < -0.39 is 0 Å². The molecule has 2 rings (SSSR count). The number of aryl methyl sites for hydroxylation is 1. The Kier molecular flexibility index (Phi) is 3.21. The highest BCUT2D eigenvalue weighted by atomic mass is 35.5. The summed E-state index contributed by atoms with van der Waals surface area (Å²) in [6.45, 7) is 3.52. The van der Waals surface area contributed by atoms with Crippen LogP contribution in [0.4, 0.5) is 0 Å². The van der Waals surface area contributed by atoms with Crippen LogP contribution in [0.25, 0.3) is 11.0 Å². The Hall–Kier alpha value is -1.00. The maximum atomic E-state index is 10.9. The molecule has 0 fully saturated rings. The monoisotopic (exact) mass is 254 g/mol. The van der Waals surface area contributed by atoms with E-state index in [1.165, 1.54) is 11.8 Å². The van der Waals surface area contributed by atoms with Gasteiger partial charge in [-0.25, -0.2) is 4.98 Å². The molecule has 0 unspecified atom stereocenters. The van der Waals surface area contributed by atoms with Crippen molar-refractivity contribution in [3.63, 3.8) is 0 Å². The number of thioether (sulfide) groups is 1. The Morgan fingerprint density at radius 2 is 2.31 bits per heavy atom. The van der Waals surface area contributed by atoms with Crippen molar-refractivity contribution in [2.45, 2.75) is 19.0 Å². The Bertz CT molecular complexity index is 511. The van der Waals surface area contributed by atoms with Gasteiger partial charge in [-0.05, 0) is 31.5 Å². The molecule has 0 radical (unpaired) electrons. The zero-order chi connectivity index (χ0) is 11.7. The van der Waals surface area contributed by atoms with E-state index >= 15 is 0 Å². The fraction of sp³-hybridized carbons (Fsp3) is 0.273. The number of H-pyrrole nitrogens is 1. The minimum absolute atomic E-state index is 0.139. The van der Waals surface area contributed by atoms with Gasteiger partial charge in [0.05, 0.1) is 16.8 Å². The summed E-state index contributed by atoms with van der Waals surface area (Å²) in [5.41, 5.74) is 2.80. The first-order valence-corrected chi connectivity index (χ1v) is 6.20. The van der Waals surface area contributed by atoms with E-state index in [2.05, 4.69) is 9.97 Å². The zero-order valence-electron chi connectivity index (χ0n) is 9.00. The summed E-state index contributed by atoms with van der Waals surface area (Å²) in [7, 11) is 0. The highest BCUT2D eigenvalue weighted by Gasteiger charge is 2.06. The molecule has 1 N–H and O–H groups in total. The van der Waals surface area contributed by atoms with Crippen LogP contribution >= 0.6 is 23.4 Å². The van der Waals surface area contributed by atoms with E-state index in [0.29, 0.717) is 10.8 Å². The van der Waals surface area contributed by atoms with Crippen molar-refractivity contribution in [2.24, 2.45) is 0 Å². The quantitative estimate of drug-likeness (QED) is 0.856. The molecular weight excluding hydrogens is 244 g/mol. The maximum absolute atomic E-state index is 10.9. The molecule has 1 aromatic heterocycles. The minimum Gasteiger partial charge on any atom is -0.333 e. The molecule has 0 bridgehead atoms. The number of hydrogen-bond donors (Lipinski definition) is 1. The predicted molar refractivity (Wildman–Crippen MR) is 67.2 cm³/mol. The number of ketones is 1.